The first-order valence-corrected chi connectivity index (χ1v) is 24.3. The molecule has 0 amide bonds. The number of aliphatic hydroxyl groups is 1. The smallest absolute Gasteiger partial charge is 0.328 e. The van der Waals surface area contributed by atoms with Gasteiger partial charge in [0.2, 0.25) is 0 Å². The molecule has 0 atom stereocenters. The van der Waals surface area contributed by atoms with Crippen molar-refractivity contribution < 1.29 is 24.1 Å². The number of anilines is 2. The van der Waals surface area contributed by atoms with Gasteiger partial charge in [0.25, 0.3) is 0 Å². The summed E-state index contributed by atoms with van der Waals surface area (Å²) in [5.74, 6) is 0.305. The molecule has 290 valence electrons. The average molecular weight is 1020 g/mol. The summed E-state index contributed by atoms with van der Waals surface area (Å²) in [5.41, 5.74) is 16.5. The van der Waals surface area contributed by atoms with E-state index in [1.165, 1.54) is 9.13 Å². The zero-order valence-electron chi connectivity index (χ0n) is 29.0. The van der Waals surface area contributed by atoms with Gasteiger partial charge in [-0.3, -0.25) is 9.13 Å². The highest BCUT2D eigenvalue weighted by Gasteiger charge is 2.16. The fourth-order valence-electron chi connectivity index (χ4n) is 4.92. The number of ether oxygens (including phenoxy) is 4. The Morgan fingerprint density at radius 2 is 1.11 bits per heavy atom. The Hall–Kier alpha value is -3.43. The lowest BCUT2D eigenvalue weighted by molar-refractivity contribution is 0.141. The van der Waals surface area contributed by atoms with E-state index in [0.717, 1.165) is 27.6 Å². The lowest BCUT2D eigenvalue weighted by atomic mass is 10.1. The number of aromatic nitrogens is 8. The van der Waals surface area contributed by atoms with Gasteiger partial charge in [0.05, 0.1) is 32.9 Å². The van der Waals surface area contributed by atoms with Crippen LogP contribution in [0.4, 0.5) is 11.6 Å². The van der Waals surface area contributed by atoms with Crippen LogP contribution in [0.1, 0.15) is 22.3 Å². The van der Waals surface area contributed by atoms with Crippen LogP contribution >= 0.6 is 66.4 Å². The molecule has 6 aromatic rings. The van der Waals surface area contributed by atoms with Gasteiger partial charge in [-0.1, -0.05) is 64.5 Å². The van der Waals surface area contributed by atoms with Crippen molar-refractivity contribution in [3.05, 3.63) is 91.8 Å². The first-order valence-electron chi connectivity index (χ1n) is 15.8. The van der Waals surface area contributed by atoms with E-state index in [-0.39, 0.29) is 58.8 Å². The lowest BCUT2D eigenvalue weighted by Crippen LogP contribution is -2.18. The zero-order chi connectivity index (χ0) is 39.2. The quantitative estimate of drug-likeness (QED) is 0.0528. The van der Waals surface area contributed by atoms with Crippen molar-refractivity contribution in [3.63, 3.8) is 0 Å². The molecular formula is C32H37Br4N10O7P. The Morgan fingerprint density at radius 3 is 1.52 bits per heavy atom. The van der Waals surface area contributed by atoms with Crippen molar-refractivity contribution in [1.82, 2.24) is 39.0 Å². The number of aliphatic hydroxyl groups excluding tert-OH is 1. The van der Waals surface area contributed by atoms with Gasteiger partial charge >= 0.3 is 23.4 Å². The second-order valence-electron chi connectivity index (χ2n) is 11.0. The number of nitrogens with two attached hydrogens (primary N) is 2. The number of aromatic amines is 2. The van der Waals surface area contributed by atoms with E-state index in [0.29, 0.717) is 48.7 Å². The summed E-state index contributed by atoms with van der Waals surface area (Å²) in [4.78, 5) is 46.7. The standard InChI is InChI=1S/C16H18BrN5O3.C16H19N5O4.Br3P/c1-24-5-6-25-15-20-13(18)12-14(21-15)22(16(23)19-12)9-11-4-2-3-10(7-11)8-17;1-24-5-6-25-15-19-13(17)12-14(20-15)21(16(23)18-12)8-10-3-2-4-11(7-10)9-22;1-4(2)3/h2-4,7H,5-6,8-9H2,1H3,(H,19,23)(H2,18,20,21);2-4,7,22H,5-6,8-9H2,1H3,(H,18,23)(H2,17,19,20);. The van der Waals surface area contributed by atoms with E-state index < -0.39 is 0 Å². The molecule has 2 aromatic carbocycles. The van der Waals surface area contributed by atoms with Gasteiger partial charge in [0.15, 0.2) is 22.9 Å². The van der Waals surface area contributed by atoms with Gasteiger partial charge in [0, 0.05) is 19.5 Å². The molecule has 0 saturated carbocycles. The number of nitrogen functional groups attached to an aromatic ring is 2. The normalized spacial score (nSPS) is 11.0. The fraction of sp³-hybridized carbons (Fsp3) is 0.312. The molecule has 0 aliphatic rings. The summed E-state index contributed by atoms with van der Waals surface area (Å²) in [7, 11) is 3.14. The number of nitrogens with zero attached hydrogens (tertiary/aromatic N) is 6. The van der Waals surface area contributed by atoms with Crippen LogP contribution in [0.2, 0.25) is 0 Å². The van der Waals surface area contributed by atoms with E-state index in [1.54, 1.807) is 14.2 Å². The van der Waals surface area contributed by atoms with Crippen LogP contribution in [-0.4, -0.2) is 84.8 Å². The Bertz CT molecular complexity index is 2090. The van der Waals surface area contributed by atoms with Crippen LogP contribution in [0.3, 0.4) is 0 Å². The number of rotatable bonds is 14. The number of hydrogen-bond acceptors (Lipinski definition) is 13. The highest BCUT2D eigenvalue weighted by atomic mass is 80.0. The largest absolute Gasteiger partial charge is 0.461 e. The third kappa shape index (κ3) is 12.3. The highest BCUT2D eigenvalue weighted by molar-refractivity contribution is 9.93. The van der Waals surface area contributed by atoms with Crippen molar-refractivity contribution in [2.45, 2.75) is 25.0 Å². The second kappa shape index (κ2) is 21.6. The SMILES string of the molecule is BrP(Br)Br.COCCOc1nc(N)c2[nH]c(=O)n(Cc3cccc(CBr)c3)c2n1.COCCOc1nc(N)c2[nH]c(=O)n(Cc3cccc(CO)c3)c2n1. The van der Waals surface area contributed by atoms with Crippen molar-refractivity contribution in [2.75, 3.05) is 52.1 Å². The van der Waals surface area contributed by atoms with Crippen LogP contribution in [0, 0.1) is 0 Å². The number of H-pyrrole nitrogens is 2. The predicted molar refractivity (Wildman–Crippen MR) is 223 cm³/mol. The Labute approximate surface area is 342 Å². The van der Waals surface area contributed by atoms with Gasteiger partial charge in [-0.15, -0.1) is 0 Å². The summed E-state index contributed by atoms with van der Waals surface area (Å²) in [6, 6.07) is 15.5. The Morgan fingerprint density at radius 1 is 0.704 bits per heavy atom. The molecule has 0 spiro atoms. The summed E-state index contributed by atoms with van der Waals surface area (Å²) >= 11 is 12.9. The molecule has 0 radical (unpaired) electrons. The van der Waals surface area contributed by atoms with E-state index in [2.05, 4.69) is 92.3 Å². The molecule has 0 unspecified atom stereocenters. The van der Waals surface area contributed by atoms with Gasteiger partial charge in [-0.05, 0) is 68.7 Å². The van der Waals surface area contributed by atoms with Gasteiger partial charge in [0.1, 0.15) is 28.3 Å². The average Bonchev–Trinajstić information content (AvgIpc) is 3.63. The summed E-state index contributed by atoms with van der Waals surface area (Å²) in [6.07, 6.45) is 0. The Balaban J connectivity index is 0.000000219. The number of imidazole rings is 2. The minimum atomic E-state index is -0.348. The van der Waals surface area contributed by atoms with Crippen LogP contribution in [0.5, 0.6) is 12.0 Å². The van der Waals surface area contributed by atoms with E-state index >= 15 is 0 Å². The first kappa shape index (κ1) is 43.3. The van der Waals surface area contributed by atoms with Crippen molar-refractivity contribution in [3.8, 4) is 12.0 Å². The number of methoxy groups -OCH3 is 2. The van der Waals surface area contributed by atoms with E-state index in [9.17, 15) is 14.7 Å². The van der Waals surface area contributed by atoms with Crippen molar-refractivity contribution in [1.29, 1.82) is 0 Å². The lowest BCUT2D eigenvalue weighted by Gasteiger charge is -2.07. The Kier molecular flexibility index (Phi) is 17.3. The molecule has 0 aliphatic heterocycles. The second-order valence-corrected chi connectivity index (χ2v) is 26.9. The summed E-state index contributed by atoms with van der Waals surface area (Å²) < 4.78 is 23.5. The third-order valence-electron chi connectivity index (χ3n) is 7.30. The maximum absolute atomic E-state index is 12.3. The van der Waals surface area contributed by atoms with Crippen LogP contribution in [0.25, 0.3) is 22.3 Å². The van der Waals surface area contributed by atoms with Crippen LogP contribution in [-0.2, 0) is 34.5 Å². The minimum Gasteiger partial charge on any atom is -0.461 e. The van der Waals surface area contributed by atoms with Crippen molar-refractivity contribution >= 4 is 100 Å². The van der Waals surface area contributed by atoms with E-state index in [4.69, 9.17) is 30.4 Å². The number of fused-ring (bicyclic) bond motifs is 2. The molecule has 0 aliphatic carbocycles. The van der Waals surface area contributed by atoms with Crippen LogP contribution in [0.15, 0.2) is 58.1 Å². The molecule has 6 rings (SSSR count). The van der Waals surface area contributed by atoms with Crippen molar-refractivity contribution in [2.24, 2.45) is 0 Å². The molecule has 0 fully saturated rings. The molecule has 7 N–H and O–H groups in total. The molecule has 0 bridgehead atoms. The highest BCUT2D eigenvalue weighted by Crippen LogP contribution is 2.59. The number of halogens is 4. The summed E-state index contributed by atoms with van der Waals surface area (Å²) in [6.45, 7) is 1.94. The van der Waals surface area contributed by atoms with Crippen LogP contribution < -0.4 is 32.3 Å². The number of hydrogen-bond donors (Lipinski definition) is 5. The molecule has 54 heavy (non-hydrogen) atoms. The van der Waals surface area contributed by atoms with Gasteiger partial charge in [-0.25, -0.2) is 9.59 Å². The molecule has 4 heterocycles. The van der Waals surface area contributed by atoms with Gasteiger partial charge < -0.3 is 45.5 Å². The molecule has 4 aromatic heterocycles. The van der Waals surface area contributed by atoms with E-state index in [1.807, 2.05) is 48.5 Å². The maximum atomic E-state index is 12.3. The zero-order valence-corrected chi connectivity index (χ0v) is 36.2. The maximum Gasteiger partial charge on any atom is 0.328 e. The summed E-state index contributed by atoms with van der Waals surface area (Å²) in [5, 5.41) is 10.00. The topological polar surface area (TPSA) is 236 Å². The fourth-order valence-corrected chi connectivity index (χ4v) is 5.27. The molecule has 0 saturated heterocycles. The third-order valence-corrected chi connectivity index (χ3v) is 7.95. The molecule has 22 heteroatoms. The number of benzene rings is 2. The molecule has 17 nitrogen and oxygen atoms in total. The molecular weight excluding hydrogens is 987 g/mol. The predicted octanol–water partition coefficient (Wildman–Crippen LogP) is 5.34. The van der Waals surface area contributed by atoms with Gasteiger partial charge in [-0.2, -0.15) is 19.9 Å². The number of alkyl halides is 1. The first-order chi connectivity index (χ1) is 26.0. The monoisotopic (exact) mass is 1020 g/mol. The number of nitrogens with one attached hydrogen (secondary N) is 2. The minimum absolute atomic E-state index is 0.0662.